The standard InChI is InChI=1S/C21H24FN7O5/c1-12-24-17(20-26-28-29(27-20)8-14-10-34-15(9-30)11-33-14)6-18(25-12)21(31)23-7-13-3-4-16(22)19(5-13)32-2/h3-6,14-15,30H,7-11H2,1-2H3,(H,23,31)/t14?,15-/m0/s1. The number of hydrogen-bond acceptors (Lipinski definition) is 10. The Bertz CT molecular complexity index is 1150. The fourth-order valence-corrected chi connectivity index (χ4v) is 3.28. The lowest BCUT2D eigenvalue weighted by Crippen LogP contribution is -2.40. The molecule has 13 heteroatoms. The number of nitrogens with one attached hydrogen (secondary N) is 1. The first kappa shape index (κ1) is 23.6. The highest BCUT2D eigenvalue weighted by molar-refractivity contribution is 5.93. The molecule has 1 aliphatic heterocycles. The summed E-state index contributed by atoms with van der Waals surface area (Å²) in [4.78, 5) is 22.5. The molecule has 34 heavy (non-hydrogen) atoms. The number of tetrazole rings is 1. The van der Waals surface area contributed by atoms with E-state index in [2.05, 4.69) is 30.7 Å². The Morgan fingerprint density at radius 3 is 2.79 bits per heavy atom. The van der Waals surface area contributed by atoms with Crippen LogP contribution in [0.25, 0.3) is 11.5 Å². The molecule has 3 heterocycles. The van der Waals surface area contributed by atoms with Crippen LogP contribution in [0.5, 0.6) is 5.75 Å². The SMILES string of the molecule is COc1cc(CNC(=O)c2cc(-c3nnn(CC4CO[C@@H](CO)CO4)n3)nc(C)n2)ccc1F. The van der Waals surface area contributed by atoms with Gasteiger partial charge in [-0.3, -0.25) is 4.79 Å². The minimum Gasteiger partial charge on any atom is -0.494 e. The number of carbonyl (C=O) groups excluding carboxylic acids is 1. The van der Waals surface area contributed by atoms with E-state index in [0.717, 1.165) is 0 Å². The molecule has 1 aromatic carbocycles. The van der Waals surface area contributed by atoms with Gasteiger partial charge < -0.3 is 24.6 Å². The van der Waals surface area contributed by atoms with Crippen LogP contribution in [0.4, 0.5) is 4.39 Å². The Hall–Kier alpha value is -3.55. The van der Waals surface area contributed by atoms with Crippen LogP contribution < -0.4 is 10.1 Å². The van der Waals surface area contributed by atoms with Gasteiger partial charge in [0, 0.05) is 6.54 Å². The van der Waals surface area contributed by atoms with Crippen molar-refractivity contribution < 1.29 is 28.5 Å². The molecule has 1 fully saturated rings. The number of rotatable bonds is 8. The van der Waals surface area contributed by atoms with Gasteiger partial charge in [-0.1, -0.05) is 6.07 Å². The summed E-state index contributed by atoms with van der Waals surface area (Å²) in [5, 5.41) is 24.2. The maximum Gasteiger partial charge on any atom is 0.270 e. The highest BCUT2D eigenvalue weighted by Gasteiger charge is 2.23. The predicted octanol–water partition coefficient (Wildman–Crippen LogP) is 0.293. The third-order valence-electron chi connectivity index (χ3n) is 5.03. The van der Waals surface area contributed by atoms with E-state index in [1.54, 1.807) is 13.0 Å². The summed E-state index contributed by atoms with van der Waals surface area (Å²) in [6.45, 7) is 2.61. The molecule has 0 aliphatic carbocycles. The molecule has 2 N–H and O–H groups in total. The zero-order chi connectivity index (χ0) is 24.1. The van der Waals surface area contributed by atoms with E-state index < -0.39 is 11.7 Å². The lowest BCUT2D eigenvalue weighted by Gasteiger charge is -2.27. The van der Waals surface area contributed by atoms with Crippen molar-refractivity contribution in [3.63, 3.8) is 0 Å². The van der Waals surface area contributed by atoms with E-state index in [0.29, 0.717) is 30.2 Å². The number of methoxy groups -OCH3 is 1. The van der Waals surface area contributed by atoms with Crippen LogP contribution in [0.15, 0.2) is 24.3 Å². The molecule has 180 valence electrons. The first-order valence-corrected chi connectivity index (χ1v) is 10.5. The zero-order valence-corrected chi connectivity index (χ0v) is 18.6. The highest BCUT2D eigenvalue weighted by atomic mass is 19.1. The zero-order valence-electron chi connectivity index (χ0n) is 18.6. The number of amides is 1. The lowest BCUT2D eigenvalue weighted by atomic mass is 10.2. The number of aliphatic hydroxyl groups is 1. The molecular formula is C21H24FN7O5. The Morgan fingerprint density at radius 1 is 1.26 bits per heavy atom. The van der Waals surface area contributed by atoms with Crippen molar-refractivity contribution in [2.24, 2.45) is 0 Å². The first-order chi connectivity index (χ1) is 16.4. The van der Waals surface area contributed by atoms with Crippen LogP contribution in [0, 0.1) is 12.7 Å². The number of ether oxygens (including phenoxy) is 3. The predicted molar refractivity (Wildman–Crippen MR) is 114 cm³/mol. The summed E-state index contributed by atoms with van der Waals surface area (Å²) >= 11 is 0. The topological polar surface area (TPSA) is 146 Å². The van der Waals surface area contributed by atoms with Gasteiger partial charge in [0.2, 0.25) is 5.82 Å². The van der Waals surface area contributed by atoms with Gasteiger partial charge in [-0.05, 0) is 35.9 Å². The van der Waals surface area contributed by atoms with Crippen molar-refractivity contribution in [2.45, 2.75) is 32.2 Å². The molecular weight excluding hydrogens is 449 g/mol. The van der Waals surface area contributed by atoms with Crippen LogP contribution >= 0.6 is 0 Å². The van der Waals surface area contributed by atoms with Gasteiger partial charge in [-0.25, -0.2) is 14.4 Å². The van der Waals surface area contributed by atoms with Crippen LogP contribution in [0.2, 0.25) is 0 Å². The number of aryl methyl sites for hydroxylation is 1. The molecule has 3 aromatic rings. The number of nitrogens with zero attached hydrogens (tertiary/aromatic N) is 6. The Morgan fingerprint density at radius 2 is 2.06 bits per heavy atom. The number of benzene rings is 1. The third-order valence-corrected chi connectivity index (χ3v) is 5.03. The molecule has 1 aliphatic rings. The van der Waals surface area contributed by atoms with Crippen LogP contribution in [0.3, 0.4) is 0 Å². The molecule has 0 spiro atoms. The van der Waals surface area contributed by atoms with Crippen molar-refractivity contribution in [1.29, 1.82) is 0 Å². The minimum atomic E-state index is -0.480. The summed E-state index contributed by atoms with van der Waals surface area (Å²) < 4.78 is 29.7. The quantitative estimate of drug-likeness (QED) is 0.468. The molecule has 0 bridgehead atoms. The summed E-state index contributed by atoms with van der Waals surface area (Å²) in [5.74, 6) is -0.228. The molecule has 12 nitrogen and oxygen atoms in total. The van der Waals surface area contributed by atoms with E-state index in [4.69, 9.17) is 19.3 Å². The van der Waals surface area contributed by atoms with Crippen molar-refractivity contribution in [3.05, 3.63) is 47.2 Å². The number of hydrogen-bond donors (Lipinski definition) is 2. The summed E-state index contributed by atoms with van der Waals surface area (Å²) in [5.41, 5.74) is 1.14. The second-order valence-electron chi connectivity index (χ2n) is 7.60. The fourth-order valence-electron chi connectivity index (χ4n) is 3.28. The second-order valence-corrected chi connectivity index (χ2v) is 7.60. The molecule has 2 atom stereocenters. The largest absolute Gasteiger partial charge is 0.494 e. The minimum absolute atomic E-state index is 0.0967. The molecule has 4 rings (SSSR count). The highest BCUT2D eigenvalue weighted by Crippen LogP contribution is 2.18. The van der Waals surface area contributed by atoms with E-state index in [-0.39, 0.29) is 49.2 Å². The summed E-state index contributed by atoms with van der Waals surface area (Å²) in [7, 11) is 1.37. The lowest BCUT2D eigenvalue weighted by molar-refractivity contribution is -0.150. The van der Waals surface area contributed by atoms with Crippen LogP contribution in [-0.4, -0.2) is 80.3 Å². The van der Waals surface area contributed by atoms with Gasteiger partial charge in [-0.15, -0.1) is 10.2 Å². The van der Waals surface area contributed by atoms with Gasteiger partial charge in [0.25, 0.3) is 5.91 Å². The molecule has 2 aromatic heterocycles. The van der Waals surface area contributed by atoms with Gasteiger partial charge in [0.1, 0.15) is 29.4 Å². The normalized spacial score (nSPS) is 18.0. The molecule has 0 saturated carbocycles. The third kappa shape index (κ3) is 5.68. The molecule has 0 radical (unpaired) electrons. The van der Waals surface area contributed by atoms with Gasteiger partial charge in [0.15, 0.2) is 11.6 Å². The average molecular weight is 473 g/mol. The second kappa shape index (κ2) is 10.6. The monoisotopic (exact) mass is 473 g/mol. The Kier molecular flexibility index (Phi) is 7.35. The first-order valence-electron chi connectivity index (χ1n) is 10.5. The van der Waals surface area contributed by atoms with Crippen molar-refractivity contribution in [1.82, 2.24) is 35.5 Å². The van der Waals surface area contributed by atoms with Crippen LogP contribution in [0.1, 0.15) is 21.9 Å². The number of aromatic nitrogens is 6. The fraction of sp³-hybridized carbons (Fsp3) is 0.429. The smallest absolute Gasteiger partial charge is 0.270 e. The molecule has 1 saturated heterocycles. The van der Waals surface area contributed by atoms with Gasteiger partial charge >= 0.3 is 0 Å². The molecule has 1 unspecified atom stereocenters. The summed E-state index contributed by atoms with van der Waals surface area (Å²) in [6.07, 6.45) is -0.599. The van der Waals surface area contributed by atoms with E-state index in [1.165, 1.54) is 30.1 Å². The van der Waals surface area contributed by atoms with Crippen molar-refractivity contribution in [3.8, 4) is 17.3 Å². The van der Waals surface area contributed by atoms with Gasteiger partial charge in [0.05, 0.1) is 33.5 Å². The van der Waals surface area contributed by atoms with E-state index >= 15 is 0 Å². The van der Waals surface area contributed by atoms with Crippen molar-refractivity contribution in [2.75, 3.05) is 26.9 Å². The number of aliphatic hydroxyl groups excluding tert-OH is 1. The van der Waals surface area contributed by atoms with Crippen LogP contribution in [-0.2, 0) is 22.6 Å². The van der Waals surface area contributed by atoms with E-state index in [1.807, 2.05) is 0 Å². The number of carbonyl (C=O) groups is 1. The van der Waals surface area contributed by atoms with E-state index in [9.17, 15) is 9.18 Å². The van der Waals surface area contributed by atoms with Crippen molar-refractivity contribution >= 4 is 5.91 Å². The maximum absolute atomic E-state index is 13.6. The molecule has 1 amide bonds. The van der Waals surface area contributed by atoms with Gasteiger partial charge in [-0.2, -0.15) is 4.80 Å². The summed E-state index contributed by atoms with van der Waals surface area (Å²) in [6, 6.07) is 5.82. The Balaban J connectivity index is 1.41. The maximum atomic E-state index is 13.6. The Labute approximate surface area is 194 Å². The number of halogens is 1. The average Bonchev–Trinajstić information content (AvgIpc) is 3.32.